The highest BCUT2D eigenvalue weighted by molar-refractivity contribution is 7.91. The van der Waals surface area contributed by atoms with E-state index in [-0.39, 0.29) is 23.6 Å². The minimum Gasteiger partial charge on any atom is -0.329 e. The molecular weight excluding hydrogens is 284 g/mol. The molecule has 2 N–H and O–H groups in total. The van der Waals surface area contributed by atoms with Crippen LogP contribution in [0.25, 0.3) is 0 Å². The molecule has 0 aromatic heterocycles. The van der Waals surface area contributed by atoms with Crippen molar-refractivity contribution in [2.24, 2.45) is 5.73 Å². The van der Waals surface area contributed by atoms with Gasteiger partial charge in [0.05, 0.1) is 11.5 Å². The summed E-state index contributed by atoms with van der Waals surface area (Å²) in [5.41, 5.74) is 6.89. The standard InChI is InChI=1S/C13H19ClN2O2S/c1-16(12-5-6-19(17,18)9-12)13(8-15)10-3-2-4-11(14)7-10/h2-4,7,12-13H,5-6,8-9,15H2,1H3. The van der Waals surface area contributed by atoms with Gasteiger partial charge in [0.15, 0.2) is 9.84 Å². The summed E-state index contributed by atoms with van der Waals surface area (Å²) in [6, 6.07) is 7.61. The van der Waals surface area contributed by atoms with Crippen LogP contribution >= 0.6 is 11.6 Å². The fraction of sp³-hybridized carbons (Fsp3) is 0.538. The van der Waals surface area contributed by atoms with Gasteiger partial charge in [-0.1, -0.05) is 23.7 Å². The van der Waals surface area contributed by atoms with Crippen LogP contribution < -0.4 is 5.73 Å². The number of hydrogen-bond donors (Lipinski definition) is 1. The van der Waals surface area contributed by atoms with Crippen molar-refractivity contribution < 1.29 is 8.42 Å². The lowest BCUT2D eigenvalue weighted by molar-refractivity contribution is 0.192. The molecule has 0 bridgehead atoms. The second kappa shape index (κ2) is 5.79. The molecule has 0 spiro atoms. The van der Waals surface area contributed by atoms with Crippen LogP contribution in [0.1, 0.15) is 18.0 Å². The van der Waals surface area contributed by atoms with Crippen LogP contribution in [0.3, 0.4) is 0 Å². The molecule has 2 atom stereocenters. The Bertz CT molecular complexity index is 547. The van der Waals surface area contributed by atoms with Crippen molar-refractivity contribution in [1.82, 2.24) is 4.90 Å². The van der Waals surface area contributed by atoms with Gasteiger partial charge in [-0.2, -0.15) is 0 Å². The van der Waals surface area contributed by atoms with Crippen LogP contribution in [0.15, 0.2) is 24.3 Å². The third kappa shape index (κ3) is 3.48. The first-order valence-electron chi connectivity index (χ1n) is 6.31. The summed E-state index contributed by atoms with van der Waals surface area (Å²) in [6.45, 7) is 0.438. The van der Waals surface area contributed by atoms with E-state index in [9.17, 15) is 8.42 Å². The van der Waals surface area contributed by atoms with E-state index in [1.165, 1.54) is 0 Å². The SMILES string of the molecule is CN(C1CCS(=O)(=O)C1)C(CN)c1cccc(Cl)c1. The van der Waals surface area contributed by atoms with Gasteiger partial charge < -0.3 is 5.73 Å². The Morgan fingerprint density at radius 1 is 1.53 bits per heavy atom. The molecule has 0 aliphatic carbocycles. The van der Waals surface area contributed by atoms with Crippen molar-refractivity contribution in [2.75, 3.05) is 25.1 Å². The molecule has 1 aromatic carbocycles. The fourth-order valence-corrected chi connectivity index (χ4v) is 4.59. The van der Waals surface area contributed by atoms with Crippen molar-refractivity contribution in [1.29, 1.82) is 0 Å². The van der Waals surface area contributed by atoms with Gasteiger partial charge >= 0.3 is 0 Å². The quantitative estimate of drug-likeness (QED) is 0.914. The molecular formula is C13H19ClN2O2S. The normalized spacial score (nSPS) is 23.7. The average Bonchev–Trinajstić information content (AvgIpc) is 2.71. The average molecular weight is 303 g/mol. The number of halogens is 1. The first kappa shape index (κ1) is 14.8. The zero-order valence-electron chi connectivity index (χ0n) is 10.9. The molecule has 2 unspecified atom stereocenters. The third-order valence-corrected chi connectivity index (χ3v) is 5.72. The van der Waals surface area contributed by atoms with E-state index in [2.05, 4.69) is 4.90 Å². The van der Waals surface area contributed by atoms with Crippen molar-refractivity contribution in [3.05, 3.63) is 34.9 Å². The largest absolute Gasteiger partial charge is 0.329 e. The van der Waals surface area contributed by atoms with Crippen molar-refractivity contribution in [2.45, 2.75) is 18.5 Å². The molecule has 106 valence electrons. The Balaban J connectivity index is 2.18. The predicted octanol–water partition coefficient (Wildman–Crippen LogP) is 1.46. The van der Waals surface area contributed by atoms with E-state index in [4.69, 9.17) is 17.3 Å². The van der Waals surface area contributed by atoms with Gasteiger partial charge in [-0.3, -0.25) is 4.90 Å². The van der Waals surface area contributed by atoms with Gasteiger partial charge in [-0.05, 0) is 31.2 Å². The van der Waals surface area contributed by atoms with E-state index in [0.717, 1.165) is 5.56 Å². The van der Waals surface area contributed by atoms with E-state index < -0.39 is 9.84 Å². The summed E-state index contributed by atoms with van der Waals surface area (Å²) in [7, 11) is -0.947. The molecule has 4 nitrogen and oxygen atoms in total. The number of nitrogens with zero attached hydrogens (tertiary/aromatic N) is 1. The summed E-state index contributed by atoms with van der Waals surface area (Å²) >= 11 is 6.00. The lowest BCUT2D eigenvalue weighted by Crippen LogP contribution is -2.39. The van der Waals surface area contributed by atoms with Crippen LogP contribution in [-0.2, 0) is 9.84 Å². The fourth-order valence-electron chi connectivity index (χ4n) is 2.60. The molecule has 1 aromatic rings. The summed E-state index contributed by atoms with van der Waals surface area (Å²) < 4.78 is 23.1. The minimum atomic E-state index is -2.88. The summed E-state index contributed by atoms with van der Waals surface area (Å²) in [5, 5.41) is 0.670. The third-order valence-electron chi connectivity index (χ3n) is 3.73. The van der Waals surface area contributed by atoms with Crippen LogP contribution in [0.4, 0.5) is 0 Å². The maximum atomic E-state index is 11.6. The number of hydrogen-bond acceptors (Lipinski definition) is 4. The summed E-state index contributed by atoms with van der Waals surface area (Å²) in [6.07, 6.45) is 0.676. The van der Waals surface area contributed by atoms with Gasteiger partial charge in [0.1, 0.15) is 0 Å². The first-order chi connectivity index (χ1) is 8.93. The molecule has 1 heterocycles. The molecule has 19 heavy (non-hydrogen) atoms. The first-order valence-corrected chi connectivity index (χ1v) is 8.51. The second-order valence-electron chi connectivity index (χ2n) is 5.03. The number of benzene rings is 1. The molecule has 0 saturated carbocycles. The maximum absolute atomic E-state index is 11.6. The Morgan fingerprint density at radius 2 is 2.26 bits per heavy atom. The Morgan fingerprint density at radius 3 is 2.79 bits per heavy atom. The summed E-state index contributed by atoms with van der Waals surface area (Å²) in [4.78, 5) is 2.07. The van der Waals surface area contributed by atoms with E-state index in [1.807, 2.05) is 31.3 Å². The molecule has 0 amide bonds. The lowest BCUT2D eigenvalue weighted by atomic mass is 10.0. The Kier molecular flexibility index (Phi) is 4.50. The van der Waals surface area contributed by atoms with Crippen molar-refractivity contribution >= 4 is 21.4 Å². The van der Waals surface area contributed by atoms with E-state index >= 15 is 0 Å². The monoisotopic (exact) mass is 302 g/mol. The lowest BCUT2D eigenvalue weighted by Gasteiger charge is -2.32. The molecule has 1 saturated heterocycles. The molecule has 2 rings (SSSR count). The van der Waals surface area contributed by atoms with Crippen LogP contribution in [0, 0.1) is 0 Å². The molecule has 0 radical (unpaired) electrons. The minimum absolute atomic E-state index is 0.00278. The Labute approximate surface area is 119 Å². The molecule has 1 fully saturated rings. The number of nitrogens with two attached hydrogens (primary N) is 1. The van der Waals surface area contributed by atoms with Gasteiger partial charge in [0.2, 0.25) is 0 Å². The molecule has 1 aliphatic heterocycles. The number of likely N-dealkylation sites (N-methyl/N-ethyl adjacent to an activating group) is 1. The number of sulfone groups is 1. The van der Waals surface area contributed by atoms with Gasteiger partial charge in [-0.15, -0.1) is 0 Å². The summed E-state index contributed by atoms with van der Waals surface area (Å²) in [5.74, 6) is 0.495. The number of rotatable bonds is 4. The van der Waals surface area contributed by atoms with Gasteiger partial charge in [0, 0.05) is 23.7 Å². The van der Waals surface area contributed by atoms with Crippen LogP contribution in [0.5, 0.6) is 0 Å². The highest BCUT2D eigenvalue weighted by Crippen LogP contribution is 2.27. The Hall–Kier alpha value is -0.620. The van der Waals surface area contributed by atoms with Crippen LogP contribution in [-0.4, -0.2) is 44.5 Å². The topological polar surface area (TPSA) is 63.4 Å². The van der Waals surface area contributed by atoms with E-state index in [1.54, 1.807) is 0 Å². The molecule has 6 heteroatoms. The van der Waals surface area contributed by atoms with Gasteiger partial charge in [-0.25, -0.2) is 8.42 Å². The second-order valence-corrected chi connectivity index (χ2v) is 7.69. The highest BCUT2D eigenvalue weighted by Gasteiger charge is 2.33. The molecule has 1 aliphatic rings. The van der Waals surface area contributed by atoms with Crippen molar-refractivity contribution in [3.8, 4) is 0 Å². The van der Waals surface area contributed by atoms with Gasteiger partial charge in [0.25, 0.3) is 0 Å². The predicted molar refractivity (Wildman–Crippen MR) is 78.1 cm³/mol. The van der Waals surface area contributed by atoms with Crippen molar-refractivity contribution in [3.63, 3.8) is 0 Å². The highest BCUT2D eigenvalue weighted by atomic mass is 35.5. The van der Waals surface area contributed by atoms with E-state index in [0.29, 0.717) is 18.0 Å². The zero-order chi connectivity index (χ0) is 14.0. The maximum Gasteiger partial charge on any atom is 0.151 e. The van der Waals surface area contributed by atoms with Crippen LogP contribution in [0.2, 0.25) is 5.02 Å². The smallest absolute Gasteiger partial charge is 0.151 e. The zero-order valence-corrected chi connectivity index (χ0v) is 12.5.